The van der Waals surface area contributed by atoms with E-state index < -0.39 is 54.0 Å². The van der Waals surface area contributed by atoms with Gasteiger partial charge < -0.3 is 25.2 Å². The molecule has 2 fully saturated rings. The summed E-state index contributed by atoms with van der Waals surface area (Å²) < 4.78 is 46.5. The van der Waals surface area contributed by atoms with Crippen LogP contribution in [0.25, 0.3) is 0 Å². The molecular formula is C26H33F3N4O5. The van der Waals surface area contributed by atoms with Gasteiger partial charge in [-0.25, -0.2) is 0 Å². The van der Waals surface area contributed by atoms with E-state index in [1.54, 1.807) is 0 Å². The van der Waals surface area contributed by atoms with Gasteiger partial charge in [0, 0.05) is 38.0 Å². The van der Waals surface area contributed by atoms with Gasteiger partial charge in [-0.05, 0) is 39.2 Å². The van der Waals surface area contributed by atoms with Crippen molar-refractivity contribution in [1.82, 2.24) is 20.4 Å². The highest BCUT2D eigenvalue weighted by atomic mass is 19.4. The number of carbonyl (C=O) groups is 4. The average Bonchev–Trinajstić information content (AvgIpc) is 3.27. The number of carbonyl (C=O) groups excluding carboxylic acids is 4. The molecule has 2 N–H and O–H groups in total. The predicted octanol–water partition coefficient (Wildman–Crippen LogP) is 2.31. The van der Waals surface area contributed by atoms with Crippen molar-refractivity contribution in [3.05, 3.63) is 29.8 Å². The Kier molecular flexibility index (Phi) is 7.62. The van der Waals surface area contributed by atoms with E-state index in [9.17, 15) is 32.3 Å². The first-order chi connectivity index (χ1) is 17.8. The van der Waals surface area contributed by atoms with Crippen LogP contribution in [0.15, 0.2) is 24.3 Å². The Morgan fingerprint density at radius 2 is 1.71 bits per heavy atom. The summed E-state index contributed by atoms with van der Waals surface area (Å²) in [5.41, 5.74) is -1.81. The minimum absolute atomic E-state index is 0.0371. The van der Waals surface area contributed by atoms with Gasteiger partial charge in [-0.2, -0.15) is 13.2 Å². The molecule has 0 radical (unpaired) electrons. The fourth-order valence-corrected chi connectivity index (χ4v) is 5.45. The number of hydrogen-bond donors (Lipinski definition) is 2. The minimum Gasteiger partial charge on any atom is -0.493 e. The van der Waals surface area contributed by atoms with Crippen LogP contribution in [-0.4, -0.2) is 77.4 Å². The van der Waals surface area contributed by atoms with Crippen LogP contribution in [0, 0.1) is 5.41 Å². The van der Waals surface area contributed by atoms with E-state index >= 15 is 0 Å². The van der Waals surface area contributed by atoms with Gasteiger partial charge in [0.05, 0.1) is 12.6 Å². The molecule has 12 heteroatoms. The Hall–Kier alpha value is -3.31. The van der Waals surface area contributed by atoms with Crippen LogP contribution < -0.4 is 15.4 Å². The van der Waals surface area contributed by atoms with Crippen molar-refractivity contribution in [3.63, 3.8) is 0 Å². The highest BCUT2D eigenvalue weighted by Crippen LogP contribution is 2.40. The fourth-order valence-electron chi connectivity index (χ4n) is 5.45. The van der Waals surface area contributed by atoms with Crippen molar-refractivity contribution in [2.45, 2.75) is 76.8 Å². The second-order valence-electron chi connectivity index (χ2n) is 10.6. The highest BCUT2D eigenvalue weighted by molar-refractivity contribution is 5.93. The van der Waals surface area contributed by atoms with Crippen LogP contribution in [-0.2, 0) is 19.2 Å². The quantitative estimate of drug-likeness (QED) is 0.612. The standard InChI is InChI=1S/C26H33F3N4O5/c1-15(34)30-19-14-32(24(37)25(2,3)26(27,28)29)12-10-16-8-9-20(33(16)23(19)36)22(35)31-18-11-13-38-21-7-5-4-6-17(18)21/h4-7,16,18-20H,8-14H2,1-3H3,(H,30,34)(H,31,35)/t16-,18-,19+,20+/m1/s1. The van der Waals surface area contributed by atoms with Gasteiger partial charge >= 0.3 is 6.18 Å². The topological polar surface area (TPSA) is 108 Å². The second-order valence-corrected chi connectivity index (χ2v) is 10.6. The number of halogens is 3. The van der Waals surface area contributed by atoms with Crippen LogP contribution in [0.1, 0.15) is 58.1 Å². The SMILES string of the molecule is CC(=O)N[C@H]1CN(C(=O)C(C)(C)C(F)(F)F)CC[C@H]2CC[C@@H](C(=O)N[C@@H]3CCOc4ccccc43)N2C1=O. The Labute approximate surface area is 219 Å². The lowest BCUT2D eigenvalue weighted by Gasteiger charge is -2.41. The lowest BCUT2D eigenvalue weighted by Crippen LogP contribution is -2.62. The molecule has 1 aromatic rings. The summed E-state index contributed by atoms with van der Waals surface area (Å²) in [6.45, 7) is 2.78. The molecule has 0 saturated carbocycles. The molecule has 0 aliphatic carbocycles. The van der Waals surface area contributed by atoms with Crippen molar-refractivity contribution in [2.24, 2.45) is 5.41 Å². The molecule has 38 heavy (non-hydrogen) atoms. The highest BCUT2D eigenvalue weighted by Gasteiger charge is 2.55. The molecule has 2 saturated heterocycles. The van der Waals surface area contributed by atoms with Crippen LogP contribution >= 0.6 is 0 Å². The molecule has 3 heterocycles. The first-order valence-electron chi connectivity index (χ1n) is 12.8. The zero-order valence-electron chi connectivity index (χ0n) is 21.6. The monoisotopic (exact) mass is 538 g/mol. The Balaban J connectivity index is 1.55. The summed E-state index contributed by atoms with van der Waals surface area (Å²) in [5.74, 6) is -1.96. The van der Waals surface area contributed by atoms with Gasteiger partial charge in [0.1, 0.15) is 23.2 Å². The van der Waals surface area contributed by atoms with E-state index in [1.807, 2.05) is 24.3 Å². The van der Waals surface area contributed by atoms with Crippen LogP contribution in [0.4, 0.5) is 13.2 Å². The van der Waals surface area contributed by atoms with Crippen molar-refractivity contribution >= 4 is 23.6 Å². The van der Waals surface area contributed by atoms with Gasteiger partial charge in [-0.1, -0.05) is 18.2 Å². The van der Waals surface area contributed by atoms with E-state index in [0.717, 1.165) is 24.3 Å². The first-order valence-corrected chi connectivity index (χ1v) is 12.8. The van der Waals surface area contributed by atoms with E-state index in [1.165, 1.54) is 11.8 Å². The fraction of sp³-hybridized carbons (Fsp3) is 0.615. The smallest absolute Gasteiger partial charge is 0.402 e. The maximum atomic E-state index is 13.7. The maximum Gasteiger partial charge on any atom is 0.402 e. The van der Waals surface area contributed by atoms with Crippen molar-refractivity contribution < 1.29 is 37.1 Å². The molecule has 4 amide bonds. The molecular weight excluding hydrogens is 505 g/mol. The van der Waals surface area contributed by atoms with Crippen LogP contribution in [0.5, 0.6) is 5.75 Å². The summed E-state index contributed by atoms with van der Waals surface area (Å²) in [5, 5.41) is 5.52. The van der Waals surface area contributed by atoms with Crippen LogP contribution in [0.3, 0.4) is 0 Å². The number of ether oxygens (including phenoxy) is 1. The number of alkyl halides is 3. The predicted molar refractivity (Wildman–Crippen MR) is 130 cm³/mol. The summed E-state index contributed by atoms with van der Waals surface area (Å²) in [4.78, 5) is 54.5. The van der Waals surface area contributed by atoms with Gasteiger partial charge in [0.15, 0.2) is 0 Å². The van der Waals surface area contributed by atoms with Gasteiger partial charge in [-0.3, -0.25) is 19.2 Å². The average molecular weight is 539 g/mol. The number of nitrogens with zero attached hydrogens (tertiary/aromatic N) is 2. The molecule has 0 unspecified atom stereocenters. The number of para-hydroxylation sites is 1. The molecule has 208 valence electrons. The Bertz CT molecular complexity index is 1110. The number of hydrogen-bond acceptors (Lipinski definition) is 5. The minimum atomic E-state index is -4.79. The summed E-state index contributed by atoms with van der Waals surface area (Å²) in [6, 6.07) is 4.57. The Morgan fingerprint density at radius 1 is 1.00 bits per heavy atom. The summed E-state index contributed by atoms with van der Waals surface area (Å²) in [6.07, 6.45) is -3.19. The molecule has 3 aliphatic heterocycles. The van der Waals surface area contributed by atoms with Gasteiger partial charge in [0.2, 0.25) is 23.6 Å². The lowest BCUT2D eigenvalue weighted by atomic mass is 9.90. The van der Waals surface area contributed by atoms with E-state index in [0.29, 0.717) is 31.6 Å². The van der Waals surface area contributed by atoms with Crippen molar-refractivity contribution in [3.8, 4) is 5.75 Å². The second kappa shape index (κ2) is 10.5. The number of nitrogens with one attached hydrogen (secondary N) is 2. The molecule has 4 atom stereocenters. The molecule has 3 aliphatic rings. The summed E-state index contributed by atoms with van der Waals surface area (Å²) in [7, 11) is 0. The molecule has 4 rings (SSSR count). The van der Waals surface area contributed by atoms with E-state index in [4.69, 9.17) is 4.74 Å². The molecule has 0 aromatic heterocycles. The molecule has 0 bridgehead atoms. The zero-order chi connectivity index (χ0) is 27.8. The number of rotatable bonds is 4. The zero-order valence-corrected chi connectivity index (χ0v) is 21.6. The number of benzene rings is 1. The first kappa shape index (κ1) is 27.7. The lowest BCUT2D eigenvalue weighted by molar-refractivity contribution is -0.217. The Morgan fingerprint density at radius 3 is 2.39 bits per heavy atom. The largest absolute Gasteiger partial charge is 0.493 e. The molecule has 9 nitrogen and oxygen atoms in total. The van der Waals surface area contributed by atoms with Crippen LogP contribution in [0.2, 0.25) is 0 Å². The third-order valence-electron chi connectivity index (χ3n) is 7.68. The molecule has 1 aromatic carbocycles. The number of fused-ring (bicyclic) bond motifs is 2. The van der Waals surface area contributed by atoms with E-state index in [-0.39, 0.29) is 24.9 Å². The van der Waals surface area contributed by atoms with Gasteiger partial charge in [-0.15, -0.1) is 0 Å². The third kappa shape index (κ3) is 5.30. The maximum absolute atomic E-state index is 13.7. The number of amides is 4. The van der Waals surface area contributed by atoms with Crippen molar-refractivity contribution in [1.29, 1.82) is 0 Å². The summed E-state index contributed by atoms with van der Waals surface area (Å²) >= 11 is 0. The molecule has 0 spiro atoms. The van der Waals surface area contributed by atoms with E-state index in [2.05, 4.69) is 10.6 Å². The van der Waals surface area contributed by atoms with Crippen molar-refractivity contribution in [2.75, 3.05) is 19.7 Å². The van der Waals surface area contributed by atoms with Gasteiger partial charge in [0.25, 0.3) is 0 Å². The third-order valence-corrected chi connectivity index (χ3v) is 7.68. The normalized spacial score (nSPS) is 25.9.